The number of thiocarbonyl (C=S) groups is 1. The lowest BCUT2D eigenvalue weighted by molar-refractivity contribution is 0.213. The summed E-state index contributed by atoms with van der Waals surface area (Å²) in [4.78, 5) is 0.0214. The molecule has 0 aromatic rings. The van der Waals surface area contributed by atoms with Crippen LogP contribution in [0, 0.1) is 0 Å². The second-order valence-corrected chi connectivity index (χ2v) is 6.65. The van der Waals surface area contributed by atoms with Crippen LogP contribution in [0.2, 0.25) is 0 Å². The molecular formula is C9H18N2O2S2. The molecule has 0 amide bonds. The first kappa shape index (κ1) is 12.9. The fourth-order valence-electron chi connectivity index (χ4n) is 1.67. The summed E-state index contributed by atoms with van der Waals surface area (Å²) in [5, 5.41) is -0.795. The molecule has 0 aromatic heterocycles. The number of hydrogen-bond donors (Lipinski definition) is 2. The number of rotatable bonds is 5. The molecule has 0 radical (unpaired) electrons. The van der Waals surface area contributed by atoms with Crippen molar-refractivity contribution in [2.75, 3.05) is 0 Å². The van der Waals surface area contributed by atoms with Gasteiger partial charge >= 0.3 is 0 Å². The fraction of sp³-hybridized carbons (Fsp3) is 0.889. The maximum Gasteiger partial charge on any atom is 0.221 e. The van der Waals surface area contributed by atoms with E-state index in [1.165, 1.54) is 6.92 Å². The Morgan fingerprint density at radius 2 is 2.13 bits per heavy atom. The van der Waals surface area contributed by atoms with E-state index in [1.807, 2.05) is 6.92 Å². The van der Waals surface area contributed by atoms with Crippen LogP contribution in [0.15, 0.2) is 0 Å². The van der Waals surface area contributed by atoms with Crippen LogP contribution in [0.5, 0.6) is 0 Å². The van der Waals surface area contributed by atoms with Crippen molar-refractivity contribution in [3.05, 3.63) is 0 Å². The molecular weight excluding hydrogens is 232 g/mol. The minimum atomic E-state index is -3.41. The molecule has 1 saturated carbocycles. The molecule has 0 aliphatic heterocycles. The predicted molar refractivity (Wildman–Crippen MR) is 65.2 cm³/mol. The van der Waals surface area contributed by atoms with E-state index in [2.05, 4.69) is 4.72 Å². The lowest BCUT2D eigenvalue weighted by Gasteiger charge is -2.42. The molecule has 1 fully saturated rings. The van der Waals surface area contributed by atoms with Crippen molar-refractivity contribution < 1.29 is 8.42 Å². The molecule has 15 heavy (non-hydrogen) atoms. The Kier molecular flexibility index (Phi) is 3.73. The Labute approximate surface area is 96.7 Å². The van der Waals surface area contributed by atoms with Crippen molar-refractivity contribution >= 4 is 27.2 Å². The summed E-state index contributed by atoms with van der Waals surface area (Å²) in [6.07, 6.45) is 3.72. The fourth-order valence-corrected chi connectivity index (χ4v) is 3.49. The van der Waals surface area contributed by atoms with E-state index < -0.39 is 15.3 Å². The van der Waals surface area contributed by atoms with E-state index in [0.717, 1.165) is 25.7 Å². The third kappa shape index (κ3) is 2.68. The highest BCUT2D eigenvalue weighted by Gasteiger charge is 2.40. The van der Waals surface area contributed by atoms with Crippen molar-refractivity contribution in [1.29, 1.82) is 0 Å². The van der Waals surface area contributed by atoms with Gasteiger partial charge in [0.25, 0.3) is 0 Å². The Morgan fingerprint density at radius 1 is 1.60 bits per heavy atom. The summed E-state index contributed by atoms with van der Waals surface area (Å²) in [5.74, 6) is 0. The molecule has 4 nitrogen and oxygen atoms in total. The van der Waals surface area contributed by atoms with Gasteiger partial charge in [0.05, 0.1) is 4.99 Å². The Hall–Kier alpha value is -0.200. The quantitative estimate of drug-likeness (QED) is 0.712. The molecule has 3 N–H and O–H groups in total. The van der Waals surface area contributed by atoms with Gasteiger partial charge in [0.1, 0.15) is 5.25 Å². The van der Waals surface area contributed by atoms with Crippen LogP contribution in [0.25, 0.3) is 0 Å². The minimum absolute atomic E-state index is 0.0214. The Morgan fingerprint density at radius 3 is 2.40 bits per heavy atom. The first-order valence-corrected chi connectivity index (χ1v) is 7.10. The van der Waals surface area contributed by atoms with Gasteiger partial charge in [-0.3, -0.25) is 0 Å². The highest BCUT2D eigenvalue weighted by atomic mass is 32.2. The second-order valence-electron chi connectivity index (χ2n) is 4.18. The molecule has 1 atom stereocenters. The normalized spacial score (nSPS) is 21.7. The van der Waals surface area contributed by atoms with Gasteiger partial charge in [-0.25, -0.2) is 13.1 Å². The molecule has 1 aliphatic carbocycles. The van der Waals surface area contributed by atoms with Crippen LogP contribution in [0.4, 0.5) is 0 Å². The van der Waals surface area contributed by atoms with Gasteiger partial charge in [-0.15, -0.1) is 0 Å². The molecule has 1 rings (SSSR count). The maximum atomic E-state index is 11.9. The third-order valence-corrected chi connectivity index (χ3v) is 5.62. The van der Waals surface area contributed by atoms with Crippen LogP contribution in [-0.4, -0.2) is 24.2 Å². The highest BCUT2D eigenvalue weighted by Crippen LogP contribution is 2.35. The van der Waals surface area contributed by atoms with Crippen LogP contribution in [0.3, 0.4) is 0 Å². The van der Waals surface area contributed by atoms with Crippen LogP contribution < -0.4 is 10.5 Å². The Balaban J connectivity index is 2.76. The summed E-state index contributed by atoms with van der Waals surface area (Å²) in [5.41, 5.74) is 5.12. The molecule has 0 heterocycles. The zero-order valence-electron chi connectivity index (χ0n) is 9.12. The van der Waals surface area contributed by atoms with Gasteiger partial charge in [-0.2, -0.15) is 0 Å². The monoisotopic (exact) mass is 250 g/mol. The predicted octanol–water partition coefficient (Wildman–Crippen LogP) is 0.913. The average molecular weight is 250 g/mol. The van der Waals surface area contributed by atoms with Crippen molar-refractivity contribution in [2.45, 2.75) is 50.3 Å². The number of sulfonamides is 1. The first-order chi connectivity index (χ1) is 6.83. The van der Waals surface area contributed by atoms with Crippen molar-refractivity contribution in [3.8, 4) is 0 Å². The molecule has 1 unspecified atom stereocenters. The van der Waals surface area contributed by atoms with Gasteiger partial charge in [-0.1, -0.05) is 19.1 Å². The zero-order valence-corrected chi connectivity index (χ0v) is 10.7. The molecule has 88 valence electrons. The summed E-state index contributed by atoms with van der Waals surface area (Å²) in [7, 11) is -3.41. The standard InChI is InChI=1S/C9H18N2O2S2/c1-3-9(5-4-6-9)11-15(12,13)7(2)8(10)14/h7,11H,3-6H2,1-2H3,(H2,10,14). The van der Waals surface area contributed by atoms with E-state index in [4.69, 9.17) is 18.0 Å². The van der Waals surface area contributed by atoms with Crippen LogP contribution in [0.1, 0.15) is 39.5 Å². The third-order valence-electron chi connectivity index (χ3n) is 3.21. The Bertz CT molecular complexity index is 342. The second kappa shape index (κ2) is 4.35. The molecule has 0 spiro atoms. The van der Waals surface area contributed by atoms with E-state index in [1.54, 1.807) is 0 Å². The number of nitrogens with one attached hydrogen (secondary N) is 1. The molecule has 6 heteroatoms. The summed E-state index contributed by atoms with van der Waals surface area (Å²) < 4.78 is 26.5. The average Bonchev–Trinajstić information content (AvgIpc) is 2.10. The SMILES string of the molecule is CCC1(NS(=O)(=O)C(C)C(N)=S)CCC1. The number of nitrogens with two attached hydrogens (primary N) is 1. The molecule has 0 saturated heterocycles. The van der Waals surface area contributed by atoms with E-state index in [0.29, 0.717) is 0 Å². The minimum Gasteiger partial charge on any atom is -0.392 e. The van der Waals surface area contributed by atoms with E-state index in [9.17, 15) is 8.42 Å². The van der Waals surface area contributed by atoms with Gasteiger partial charge in [0.15, 0.2) is 0 Å². The topological polar surface area (TPSA) is 72.2 Å². The molecule has 0 bridgehead atoms. The summed E-state index contributed by atoms with van der Waals surface area (Å²) in [6, 6.07) is 0. The van der Waals surface area contributed by atoms with E-state index in [-0.39, 0.29) is 10.5 Å². The molecule has 0 aromatic carbocycles. The van der Waals surface area contributed by atoms with E-state index >= 15 is 0 Å². The van der Waals surface area contributed by atoms with Gasteiger partial charge in [0.2, 0.25) is 10.0 Å². The van der Waals surface area contributed by atoms with Crippen molar-refractivity contribution in [3.63, 3.8) is 0 Å². The molecule has 1 aliphatic rings. The van der Waals surface area contributed by atoms with Crippen LogP contribution in [-0.2, 0) is 10.0 Å². The summed E-state index contributed by atoms with van der Waals surface area (Å²) >= 11 is 4.70. The van der Waals surface area contributed by atoms with Gasteiger partial charge in [-0.05, 0) is 32.6 Å². The first-order valence-electron chi connectivity index (χ1n) is 5.15. The maximum absolute atomic E-state index is 11.9. The number of hydrogen-bond acceptors (Lipinski definition) is 3. The summed E-state index contributed by atoms with van der Waals surface area (Å²) in [6.45, 7) is 3.51. The lowest BCUT2D eigenvalue weighted by Crippen LogP contribution is -2.56. The highest BCUT2D eigenvalue weighted by molar-refractivity contribution is 7.93. The zero-order chi connectivity index (χ0) is 11.7. The van der Waals surface area contributed by atoms with Crippen molar-refractivity contribution in [2.24, 2.45) is 5.73 Å². The van der Waals surface area contributed by atoms with Gasteiger partial charge in [0, 0.05) is 5.54 Å². The van der Waals surface area contributed by atoms with Crippen LogP contribution >= 0.6 is 12.2 Å². The smallest absolute Gasteiger partial charge is 0.221 e. The van der Waals surface area contributed by atoms with Crippen molar-refractivity contribution in [1.82, 2.24) is 4.72 Å². The lowest BCUT2D eigenvalue weighted by atomic mass is 9.76. The van der Waals surface area contributed by atoms with Gasteiger partial charge < -0.3 is 5.73 Å². The largest absolute Gasteiger partial charge is 0.392 e.